The lowest BCUT2D eigenvalue weighted by Crippen LogP contribution is -2.18. The van der Waals surface area contributed by atoms with Crippen LogP contribution in [0.5, 0.6) is 0 Å². The molecule has 0 saturated carbocycles. The fraction of sp³-hybridized carbons (Fsp3) is 0.222. The Morgan fingerprint density at radius 2 is 1.95 bits per heavy atom. The fourth-order valence-electron chi connectivity index (χ4n) is 2.74. The average molecular weight is 360 g/mol. The summed E-state index contributed by atoms with van der Waals surface area (Å²) in [5.41, 5.74) is 4.16. The van der Waals surface area contributed by atoms with Crippen molar-refractivity contribution in [1.82, 2.24) is 5.32 Å². The highest BCUT2D eigenvalue weighted by Gasteiger charge is 2.16. The van der Waals surface area contributed by atoms with E-state index in [2.05, 4.69) is 76.0 Å². The van der Waals surface area contributed by atoms with E-state index >= 15 is 0 Å². The van der Waals surface area contributed by atoms with Crippen LogP contribution >= 0.6 is 27.3 Å². The van der Waals surface area contributed by atoms with E-state index in [1.165, 1.54) is 31.2 Å². The van der Waals surface area contributed by atoms with E-state index in [-0.39, 0.29) is 0 Å². The van der Waals surface area contributed by atoms with Gasteiger partial charge in [-0.1, -0.05) is 36.4 Å². The van der Waals surface area contributed by atoms with Gasteiger partial charge in [-0.15, -0.1) is 11.3 Å². The number of rotatable bonds is 4. The molecule has 3 rings (SSSR count). The number of halogens is 1. The van der Waals surface area contributed by atoms with Crippen LogP contribution in [0.3, 0.4) is 0 Å². The third-order valence-corrected chi connectivity index (χ3v) is 5.96. The van der Waals surface area contributed by atoms with Gasteiger partial charge in [0.1, 0.15) is 0 Å². The van der Waals surface area contributed by atoms with Gasteiger partial charge in [-0.3, -0.25) is 0 Å². The van der Waals surface area contributed by atoms with Gasteiger partial charge in [0.15, 0.2) is 0 Å². The molecule has 0 saturated heterocycles. The van der Waals surface area contributed by atoms with Crippen molar-refractivity contribution < 1.29 is 0 Å². The molecule has 0 aliphatic heterocycles. The van der Waals surface area contributed by atoms with Crippen molar-refractivity contribution >= 4 is 37.4 Å². The lowest BCUT2D eigenvalue weighted by atomic mass is 9.96. The minimum Gasteiger partial charge on any atom is -0.313 e. The Hall–Kier alpha value is -1.16. The summed E-state index contributed by atoms with van der Waals surface area (Å²) in [6.45, 7) is 2.18. The average Bonchev–Trinajstić information content (AvgIpc) is 2.92. The number of hydrogen-bond donors (Lipinski definition) is 1. The molecular formula is C18H18BrNS. The van der Waals surface area contributed by atoms with E-state index in [0.29, 0.717) is 6.04 Å². The topological polar surface area (TPSA) is 12.0 Å². The van der Waals surface area contributed by atoms with Crippen molar-refractivity contribution in [2.24, 2.45) is 0 Å². The maximum absolute atomic E-state index is 3.65. The van der Waals surface area contributed by atoms with Crippen molar-refractivity contribution in [3.8, 4) is 0 Å². The van der Waals surface area contributed by atoms with Gasteiger partial charge >= 0.3 is 0 Å². The van der Waals surface area contributed by atoms with Gasteiger partial charge in [0.25, 0.3) is 0 Å². The van der Waals surface area contributed by atoms with E-state index in [0.717, 1.165) is 6.42 Å². The molecule has 0 spiro atoms. The maximum Gasteiger partial charge on any atom is 0.0488 e. The van der Waals surface area contributed by atoms with Gasteiger partial charge in [0, 0.05) is 15.2 Å². The number of nitrogens with one attached hydrogen (secondary N) is 1. The highest BCUT2D eigenvalue weighted by atomic mass is 79.9. The standard InChI is InChI=1S/C18H18BrNS/c1-12-6-3-4-7-13(12)10-17(20-2)15-11-21-18-14(15)8-5-9-16(18)19/h3-9,11,17,20H,10H2,1-2H3. The quantitative estimate of drug-likeness (QED) is 0.650. The molecule has 1 nitrogen and oxygen atoms in total. The molecule has 0 aliphatic rings. The van der Waals surface area contributed by atoms with E-state index < -0.39 is 0 Å². The van der Waals surface area contributed by atoms with Gasteiger partial charge in [0.05, 0.1) is 0 Å². The first-order valence-electron chi connectivity index (χ1n) is 7.08. The van der Waals surface area contributed by atoms with Gasteiger partial charge in [0.2, 0.25) is 0 Å². The second-order valence-corrected chi connectivity index (χ2v) is 7.01. The molecule has 108 valence electrons. The van der Waals surface area contributed by atoms with E-state index in [1.807, 2.05) is 18.4 Å². The van der Waals surface area contributed by atoms with E-state index in [1.54, 1.807) is 0 Å². The molecule has 1 unspecified atom stereocenters. The molecule has 1 N–H and O–H groups in total. The molecule has 21 heavy (non-hydrogen) atoms. The first-order chi connectivity index (χ1) is 10.2. The Balaban J connectivity index is 1.99. The van der Waals surface area contributed by atoms with Crippen molar-refractivity contribution in [2.75, 3.05) is 7.05 Å². The summed E-state index contributed by atoms with van der Waals surface area (Å²) in [4.78, 5) is 0. The zero-order chi connectivity index (χ0) is 14.8. The van der Waals surface area contributed by atoms with Crippen molar-refractivity contribution in [1.29, 1.82) is 0 Å². The molecule has 0 aliphatic carbocycles. The first kappa shape index (κ1) is 14.8. The van der Waals surface area contributed by atoms with Crippen LogP contribution in [0, 0.1) is 6.92 Å². The van der Waals surface area contributed by atoms with Gasteiger partial charge in [-0.2, -0.15) is 0 Å². The Labute approximate surface area is 138 Å². The molecule has 1 aromatic heterocycles. The second-order valence-electron chi connectivity index (χ2n) is 5.28. The monoisotopic (exact) mass is 359 g/mol. The highest BCUT2D eigenvalue weighted by Crippen LogP contribution is 2.36. The van der Waals surface area contributed by atoms with Crippen LogP contribution in [0.4, 0.5) is 0 Å². The molecule has 1 heterocycles. The third-order valence-electron chi connectivity index (χ3n) is 3.99. The Bertz CT molecular complexity index is 763. The molecule has 0 fully saturated rings. The Kier molecular flexibility index (Phi) is 4.43. The lowest BCUT2D eigenvalue weighted by Gasteiger charge is -2.17. The fourth-order valence-corrected chi connectivity index (χ4v) is 4.41. The minimum absolute atomic E-state index is 0.342. The first-order valence-corrected chi connectivity index (χ1v) is 8.75. The molecule has 1 atom stereocenters. The molecule has 3 aromatic rings. The number of hydrogen-bond acceptors (Lipinski definition) is 2. The minimum atomic E-state index is 0.342. The van der Waals surface area contributed by atoms with E-state index in [4.69, 9.17) is 0 Å². The normalized spacial score (nSPS) is 12.7. The summed E-state index contributed by atoms with van der Waals surface area (Å²) in [7, 11) is 2.05. The zero-order valence-corrected chi connectivity index (χ0v) is 14.6. The van der Waals surface area contributed by atoms with Crippen LogP contribution in [0.25, 0.3) is 10.1 Å². The molecule has 0 radical (unpaired) electrons. The van der Waals surface area contributed by atoms with Crippen molar-refractivity contribution in [2.45, 2.75) is 19.4 Å². The second kappa shape index (κ2) is 6.30. The number of likely N-dealkylation sites (N-methyl/N-ethyl adjacent to an activating group) is 1. The molecule has 0 amide bonds. The van der Waals surface area contributed by atoms with Crippen LogP contribution < -0.4 is 5.32 Å². The molecule has 2 aromatic carbocycles. The number of fused-ring (bicyclic) bond motifs is 1. The molecule has 3 heteroatoms. The summed E-state index contributed by atoms with van der Waals surface area (Å²) in [6.07, 6.45) is 1.02. The molecular weight excluding hydrogens is 342 g/mol. The maximum atomic E-state index is 3.65. The number of benzene rings is 2. The summed E-state index contributed by atoms with van der Waals surface area (Å²) in [5, 5.41) is 7.12. The van der Waals surface area contributed by atoms with Crippen LogP contribution in [0.2, 0.25) is 0 Å². The largest absolute Gasteiger partial charge is 0.313 e. The van der Waals surface area contributed by atoms with Crippen LogP contribution in [-0.4, -0.2) is 7.05 Å². The van der Waals surface area contributed by atoms with E-state index in [9.17, 15) is 0 Å². The van der Waals surface area contributed by atoms with Crippen LogP contribution in [0.1, 0.15) is 22.7 Å². The SMILES string of the molecule is CNC(Cc1ccccc1C)c1csc2c(Br)cccc12. The van der Waals surface area contributed by atoms with Gasteiger partial charge in [-0.05, 0) is 69.8 Å². The molecule has 0 bridgehead atoms. The highest BCUT2D eigenvalue weighted by molar-refractivity contribution is 9.10. The zero-order valence-electron chi connectivity index (χ0n) is 12.2. The Morgan fingerprint density at radius 3 is 2.71 bits per heavy atom. The van der Waals surface area contributed by atoms with Crippen LogP contribution in [-0.2, 0) is 6.42 Å². The predicted molar refractivity (Wildman–Crippen MR) is 96.2 cm³/mol. The smallest absolute Gasteiger partial charge is 0.0488 e. The van der Waals surface area contributed by atoms with Crippen LogP contribution in [0.15, 0.2) is 52.3 Å². The third kappa shape index (κ3) is 2.91. The Morgan fingerprint density at radius 1 is 1.14 bits per heavy atom. The number of aryl methyl sites for hydroxylation is 1. The van der Waals surface area contributed by atoms with Gasteiger partial charge in [-0.25, -0.2) is 0 Å². The van der Waals surface area contributed by atoms with Crippen molar-refractivity contribution in [3.05, 3.63) is 69.0 Å². The summed E-state index contributed by atoms with van der Waals surface area (Å²) < 4.78 is 2.51. The predicted octanol–water partition coefficient (Wildman–Crippen LogP) is 5.48. The van der Waals surface area contributed by atoms with Crippen molar-refractivity contribution in [3.63, 3.8) is 0 Å². The number of thiophene rings is 1. The summed E-state index contributed by atoms with van der Waals surface area (Å²) in [6, 6.07) is 15.4. The van der Waals surface area contributed by atoms with Gasteiger partial charge < -0.3 is 5.32 Å². The summed E-state index contributed by atoms with van der Waals surface area (Å²) in [5.74, 6) is 0. The lowest BCUT2D eigenvalue weighted by molar-refractivity contribution is 0.596. The summed E-state index contributed by atoms with van der Waals surface area (Å²) >= 11 is 5.46.